The van der Waals surface area contributed by atoms with Crippen LogP contribution in [0.4, 0.5) is 5.69 Å². The second-order valence-electron chi connectivity index (χ2n) is 7.00. The number of carbonyl (C=O) groups excluding carboxylic acids is 1. The lowest BCUT2D eigenvalue weighted by Crippen LogP contribution is -2.33. The molecule has 0 aliphatic heterocycles. The minimum absolute atomic E-state index is 0.0922. The van der Waals surface area contributed by atoms with Crippen LogP contribution in [0.2, 0.25) is 0 Å². The number of aromatic nitrogens is 2. The summed E-state index contributed by atoms with van der Waals surface area (Å²) in [7, 11) is 3.84. The molecule has 1 heterocycles. The van der Waals surface area contributed by atoms with Gasteiger partial charge < -0.3 is 15.2 Å². The minimum atomic E-state index is -0.143. The number of hydrogen-bond donors (Lipinski definition) is 2. The lowest BCUT2D eigenvalue weighted by atomic mass is 10.0. The molecule has 0 saturated heterocycles. The van der Waals surface area contributed by atoms with Crippen LogP contribution in [-0.2, 0) is 7.05 Å². The Morgan fingerprint density at radius 3 is 2.41 bits per heavy atom. The number of nitrogens with one attached hydrogen (secondary N) is 2. The molecule has 0 saturated carbocycles. The first kappa shape index (κ1) is 18.7. The van der Waals surface area contributed by atoms with Crippen molar-refractivity contribution in [2.75, 3.05) is 12.4 Å². The second kappa shape index (κ2) is 8.08. The molecule has 3 rings (SSSR count). The Labute approximate surface area is 160 Å². The smallest absolute Gasteiger partial charge is 0.251 e. The summed E-state index contributed by atoms with van der Waals surface area (Å²) in [6.45, 7) is 4.17. The number of hydrogen-bond acceptors (Lipinski definition) is 3. The monoisotopic (exact) mass is 362 g/mol. The van der Waals surface area contributed by atoms with Crippen LogP contribution < -0.4 is 10.6 Å². The Morgan fingerprint density at radius 1 is 1.07 bits per heavy atom. The maximum atomic E-state index is 12.9. The molecule has 5 nitrogen and oxygen atoms in total. The summed E-state index contributed by atoms with van der Waals surface area (Å²) in [4.78, 5) is 17.3. The van der Waals surface area contributed by atoms with Gasteiger partial charge in [-0.3, -0.25) is 4.79 Å². The summed E-state index contributed by atoms with van der Waals surface area (Å²) in [5.41, 5.74) is 3.80. The highest BCUT2D eigenvalue weighted by molar-refractivity contribution is 5.95. The van der Waals surface area contributed by atoms with E-state index in [1.54, 1.807) is 6.20 Å². The zero-order valence-corrected chi connectivity index (χ0v) is 16.2. The van der Waals surface area contributed by atoms with Crippen LogP contribution in [0.25, 0.3) is 11.1 Å². The zero-order chi connectivity index (χ0) is 19.4. The van der Waals surface area contributed by atoms with Crippen molar-refractivity contribution in [3.8, 4) is 11.1 Å². The van der Waals surface area contributed by atoms with E-state index in [1.165, 1.54) is 0 Å². The number of anilines is 1. The summed E-state index contributed by atoms with van der Waals surface area (Å²) in [5, 5.41) is 6.25. The fourth-order valence-corrected chi connectivity index (χ4v) is 3.10. The van der Waals surface area contributed by atoms with Crippen LogP contribution in [0.5, 0.6) is 0 Å². The quantitative estimate of drug-likeness (QED) is 0.689. The summed E-state index contributed by atoms with van der Waals surface area (Å²) >= 11 is 0. The van der Waals surface area contributed by atoms with Gasteiger partial charge in [-0.05, 0) is 41.3 Å². The fraction of sp³-hybridized carbons (Fsp3) is 0.273. The predicted octanol–water partition coefficient (Wildman–Crippen LogP) is 4.26. The number of benzene rings is 2. The lowest BCUT2D eigenvalue weighted by Gasteiger charge is -2.22. The van der Waals surface area contributed by atoms with E-state index < -0.39 is 0 Å². The molecule has 140 valence electrons. The fourth-order valence-electron chi connectivity index (χ4n) is 3.10. The Balaban J connectivity index is 1.83. The minimum Gasteiger partial charge on any atom is -0.388 e. The normalized spacial score (nSPS) is 12.0. The molecule has 0 spiro atoms. The number of carbonyl (C=O) groups is 1. The molecule has 5 heteroatoms. The largest absolute Gasteiger partial charge is 0.388 e. The first-order valence-electron chi connectivity index (χ1n) is 9.16. The third-order valence-corrected chi connectivity index (χ3v) is 4.72. The van der Waals surface area contributed by atoms with Crippen molar-refractivity contribution in [3.63, 3.8) is 0 Å². The Morgan fingerprint density at radius 2 is 1.81 bits per heavy atom. The highest BCUT2D eigenvalue weighted by Crippen LogP contribution is 2.24. The topological polar surface area (TPSA) is 59.0 Å². The first-order valence-corrected chi connectivity index (χ1v) is 9.16. The van der Waals surface area contributed by atoms with Crippen LogP contribution in [-0.4, -0.2) is 22.5 Å². The molecule has 1 atom stereocenters. The standard InChI is InChI=1S/C22H26N4O/c1-15(2)20(21-24-12-13-26(21)4)25-22(27)18-7-5-6-17(14-18)16-8-10-19(23-3)11-9-16/h5-15,20,23H,1-4H3,(H,25,27)/t20-/m0/s1. The van der Waals surface area contributed by atoms with Gasteiger partial charge in [0, 0.05) is 37.7 Å². The highest BCUT2D eigenvalue weighted by atomic mass is 16.1. The number of imidazole rings is 1. The van der Waals surface area contributed by atoms with Crippen molar-refractivity contribution in [1.29, 1.82) is 0 Å². The van der Waals surface area contributed by atoms with Crippen molar-refractivity contribution < 1.29 is 4.79 Å². The highest BCUT2D eigenvalue weighted by Gasteiger charge is 2.22. The van der Waals surface area contributed by atoms with Gasteiger partial charge in [0.15, 0.2) is 0 Å². The van der Waals surface area contributed by atoms with Crippen LogP contribution in [0.1, 0.15) is 36.1 Å². The molecule has 1 aromatic heterocycles. The van der Waals surface area contributed by atoms with Gasteiger partial charge in [0.1, 0.15) is 5.82 Å². The van der Waals surface area contributed by atoms with E-state index >= 15 is 0 Å². The van der Waals surface area contributed by atoms with Gasteiger partial charge in [-0.2, -0.15) is 0 Å². The van der Waals surface area contributed by atoms with Crippen molar-refractivity contribution in [2.24, 2.45) is 13.0 Å². The Hall–Kier alpha value is -3.08. The van der Waals surface area contributed by atoms with Gasteiger partial charge >= 0.3 is 0 Å². The summed E-state index contributed by atoms with van der Waals surface area (Å²) < 4.78 is 1.95. The van der Waals surface area contributed by atoms with Crippen molar-refractivity contribution >= 4 is 11.6 Å². The van der Waals surface area contributed by atoms with E-state index in [4.69, 9.17) is 0 Å². The van der Waals surface area contributed by atoms with E-state index in [2.05, 4.69) is 29.5 Å². The molecule has 2 aromatic carbocycles. The molecule has 1 amide bonds. The average Bonchev–Trinajstić information content (AvgIpc) is 3.11. The third kappa shape index (κ3) is 4.19. The van der Waals surface area contributed by atoms with Gasteiger partial charge in [-0.25, -0.2) is 4.98 Å². The Bertz CT molecular complexity index is 912. The molecular formula is C22H26N4O. The number of amides is 1. The molecule has 0 unspecified atom stereocenters. The molecule has 0 radical (unpaired) electrons. The van der Waals surface area contributed by atoms with Gasteiger partial charge in [-0.15, -0.1) is 0 Å². The molecule has 3 aromatic rings. The van der Waals surface area contributed by atoms with Crippen molar-refractivity contribution in [3.05, 3.63) is 72.3 Å². The van der Waals surface area contributed by atoms with Crippen LogP contribution in [0, 0.1) is 5.92 Å². The summed E-state index contributed by atoms with van der Waals surface area (Å²) in [6, 6.07) is 15.7. The SMILES string of the molecule is CNc1ccc(-c2cccc(C(=O)N[C@H](c3nccn3C)C(C)C)c2)cc1. The maximum absolute atomic E-state index is 12.9. The molecule has 0 aliphatic rings. The van der Waals surface area contributed by atoms with E-state index in [-0.39, 0.29) is 17.9 Å². The molecule has 2 N–H and O–H groups in total. The van der Waals surface area contributed by atoms with Gasteiger partial charge in [0.2, 0.25) is 0 Å². The van der Waals surface area contributed by atoms with E-state index in [0.29, 0.717) is 5.56 Å². The van der Waals surface area contributed by atoms with Crippen molar-refractivity contribution in [1.82, 2.24) is 14.9 Å². The van der Waals surface area contributed by atoms with E-state index in [1.807, 2.05) is 73.4 Å². The first-order chi connectivity index (χ1) is 13.0. The number of rotatable bonds is 6. The average molecular weight is 362 g/mol. The molecule has 0 fully saturated rings. The summed E-state index contributed by atoms with van der Waals surface area (Å²) in [6.07, 6.45) is 3.65. The van der Waals surface area contributed by atoms with Gasteiger partial charge in [0.25, 0.3) is 5.91 Å². The molecule has 0 aliphatic carbocycles. The third-order valence-electron chi connectivity index (χ3n) is 4.72. The van der Waals surface area contributed by atoms with E-state index in [0.717, 1.165) is 22.6 Å². The predicted molar refractivity (Wildman–Crippen MR) is 110 cm³/mol. The number of aryl methyl sites for hydroxylation is 1. The van der Waals surface area contributed by atoms with Crippen LogP contribution >= 0.6 is 0 Å². The second-order valence-corrected chi connectivity index (χ2v) is 7.00. The Kier molecular flexibility index (Phi) is 5.60. The van der Waals surface area contributed by atoms with E-state index in [9.17, 15) is 4.79 Å². The molecular weight excluding hydrogens is 336 g/mol. The van der Waals surface area contributed by atoms with Crippen LogP contribution in [0.15, 0.2) is 60.9 Å². The lowest BCUT2D eigenvalue weighted by molar-refractivity contribution is 0.0922. The summed E-state index contributed by atoms with van der Waals surface area (Å²) in [5.74, 6) is 0.995. The zero-order valence-electron chi connectivity index (χ0n) is 16.2. The van der Waals surface area contributed by atoms with Crippen LogP contribution in [0.3, 0.4) is 0 Å². The number of nitrogens with zero attached hydrogens (tertiary/aromatic N) is 2. The molecule has 0 bridgehead atoms. The van der Waals surface area contributed by atoms with Gasteiger partial charge in [-0.1, -0.05) is 38.1 Å². The maximum Gasteiger partial charge on any atom is 0.251 e. The van der Waals surface area contributed by atoms with Crippen molar-refractivity contribution in [2.45, 2.75) is 19.9 Å². The van der Waals surface area contributed by atoms with Gasteiger partial charge in [0.05, 0.1) is 6.04 Å². The molecule has 27 heavy (non-hydrogen) atoms.